The molecular formula is C10H19N7O2. The number of ether oxygens (including phenoxy) is 1. The van der Waals surface area contributed by atoms with Crippen LogP contribution in [0, 0.1) is 0 Å². The lowest BCUT2D eigenvalue weighted by molar-refractivity contribution is 0.218. The molecule has 0 aromatic carbocycles. The largest absolute Gasteiger partial charge is 0.464 e. The number of aromatic nitrogens is 3. The number of carbonyl (C=O) groups excluding carboxylic acids is 1. The molecule has 1 aromatic rings. The maximum absolute atomic E-state index is 11.3. The van der Waals surface area contributed by atoms with E-state index in [9.17, 15) is 4.79 Å². The monoisotopic (exact) mass is 269 g/mol. The van der Waals surface area contributed by atoms with Crippen molar-refractivity contribution in [3.63, 3.8) is 0 Å². The predicted molar refractivity (Wildman–Crippen MR) is 71.0 cm³/mol. The predicted octanol–water partition coefficient (Wildman–Crippen LogP) is -0.464. The lowest BCUT2D eigenvalue weighted by Crippen LogP contribution is -2.37. The van der Waals surface area contributed by atoms with E-state index in [1.165, 1.54) is 4.90 Å². The Morgan fingerprint density at radius 3 is 2.68 bits per heavy atom. The molecular weight excluding hydrogens is 250 g/mol. The molecule has 106 valence electrons. The topological polar surface area (TPSA) is 118 Å². The maximum atomic E-state index is 11.3. The molecule has 0 radical (unpaired) electrons. The fourth-order valence-corrected chi connectivity index (χ4v) is 1.15. The Labute approximate surface area is 111 Å². The number of hydrogen-bond donors (Lipinski definition) is 3. The third-order valence-electron chi connectivity index (χ3n) is 2.00. The minimum absolute atomic E-state index is 0.0817. The third-order valence-corrected chi connectivity index (χ3v) is 2.00. The third kappa shape index (κ3) is 5.23. The number of nitrogens with two attached hydrogens (primary N) is 1. The molecule has 19 heavy (non-hydrogen) atoms. The summed E-state index contributed by atoms with van der Waals surface area (Å²) in [6, 6.07) is 0.0155. The molecule has 1 rings (SSSR count). The highest BCUT2D eigenvalue weighted by molar-refractivity contribution is 5.73. The highest BCUT2D eigenvalue weighted by atomic mass is 16.5. The van der Waals surface area contributed by atoms with Gasteiger partial charge in [0.15, 0.2) is 0 Å². The molecule has 0 bridgehead atoms. The minimum atomic E-state index is -0.160. The molecule has 4 N–H and O–H groups in total. The number of nitrogens with one attached hydrogen (secondary N) is 2. The van der Waals surface area contributed by atoms with Gasteiger partial charge in [-0.1, -0.05) is 0 Å². The van der Waals surface area contributed by atoms with E-state index in [-0.39, 0.29) is 18.0 Å². The van der Waals surface area contributed by atoms with Gasteiger partial charge in [0, 0.05) is 27.2 Å². The molecule has 0 fully saturated rings. The van der Waals surface area contributed by atoms with E-state index in [2.05, 4.69) is 25.6 Å². The van der Waals surface area contributed by atoms with Gasteiger partial charge >= 0.3 is 12.0 Å². The SMILES string of the molecule is CCOc1nc(N)nc(NCCNC(=O)N(C)C)n1. The second-order valence-corrected chi connectivity index (χ2v) is 3.79. The van der Waals surface area contributed by atoms with Crippen LogP contribution in [0.1, 0.15) is 6.92 Å². The van der Waals surface area contributed by atoms with Gasteiger partial charge in [-0.25, -0.2) is 4.79 Å². The van der Waals surface area contributed by atoms with E-state index in [0.717, 1.165) is 0 Å². The normalized spacial score (nSPS) is 9.84. The molecule has 1 heterocycles. The summed E-state index contributed by atoms with van der Waals surface area (Å²) in [5.41, 5.74) is 5.52. The fraction of sp³-hybridized carbons (Fsp3) is 0.600. The Kier molecular flexibility index (Phi) is 5.58. The number of rotatable bonds is 6. The number of anilines is 2. The molecule has 0 aliphatic heterocycles. The molecule has 0 saturated carbocycles. The summed E-state index contributed by atoms with van der Waals surface area (Å²) in [6.45, 7) is 3.17. The van der Waals surface area contributed by atoms with Crippen LogP contribution in [0.25, 0.3) is 0 Å². The number of urea groups is 1. The zero-order valence-electron chi connectivity index (χ0n) is 11.3. The van der Waals surface area contributed by atoms with Crippen molar-refractivity contribution in [3.05, 3.63) is 0 Å². The van der Waals surface area contributed by atoms with E-state index in [0.29, 0.717) is 25.6 Å². The average molecular weight is 269 g/mol. The van der Waals surface area contributed by atoms with Crippen LogP contribution in [-0.2, 0) is 0 Å². The van der Waals surface area contributed by atoms with Crippen LogP contribution in [-0.4, -0.2) is 59.7 Å². The molecule has 1 aromatic heterocycles. The molecule has 0 aliphatic carbocycles. The van der Waals surface area contributed by atoms with Crippen molar-refractivity contribution in [1.82, 2.24) is 25.2 Å². The highest BCUT2D eigenvalue weighted by Crippen LogP contribution is 2.08. The van der Waals surface area contributed by atoms with Gasteiger partial charge < -0.3 is 26.0 Å². The van der Waals surface area contributed by atoms with E-state index >= 15 is 0 Å². The lowest BCUT2D eigenvalue weighted by atomic mass is 10.6. The molecule has 0 spiro atoms. The Morgan fingerprint density at radius 2 is 2.05 bits per heavy atom. The summed E-state index contributed by atoms with van der Waals surface area (Å²) in [5, 5.41) is 5.62. The van der Waals surface area contributed by atoms with Crippen molar-refractivity contribution in [2.75, 3.05) is 44.8 Å². The van der Waals surface area contributed by atoms with Crippen LogP contribution in [0.2, 0.25) is 0 Å². The molecule has 9 heteroatoms. The lowest BCUT2D eigenvalue weighted by Gasteiger charge is -2.12. The Bertz CT molecular complexity index is 424. The molecule has 0 atom stereocenters. The van der Waals surface area contributed by atoms with Crippen LogP contribution in [0.15, 0.2) is 0 Å². The van der Waals surface area contributed by atoms with Crippen molar-refractivity contribution in [1.29, 1.82) is 0 Å². The van der Waals surface area contributed by atoms with E-state index in [1.54, 1.807) is 14.1 Å². The second-order valence-electron chi connectivity index (χ2n) is 3.79. The molecule has 2 amide bonds. The summed E-state index contributed by atoms with van der Waals surface area (Å²) in [6.07, 6.45) is 0. The first-order valence-corrected chi connectivity index (χ1v) is 5.86. The maximum Gasteiger partial charge on any atom is 0.323 e. The quantitative estimate of drug-likeness (QED) is 0.598. The van der Waals surface area contributed by atoms with Crippen molar-refractivity contribution in [3.8, 4) is 6.01 Å². The Morgan fingerprint density at radius 1 is 1.32 bits per heavy atom. The van der Waals surface area contributed by atoms with Crippen molar-refractivity contribution >= 4 is 17.9 Å². The first-order chi connectivity index (χ1) is 9.02. The van der Waals surface area contributed by atoms with Gasteiger partial charge in [-0.3, -0.25) is 0 Å². The van der Waals surface area contributed by atoms with Crippen molar-refractivity contribution in [2.45, 2.75) is 6.92 Å². The van der Waals surface area contributed by atoms with Gasteiger partial charge in [-0.2, -0.15) is 15.0 Å². The van der Waals surface area contributed by atoms with Gasteiger partial charge in [0.05, 0.1) is 6.61 Å². The van der Waals surface area contributed by atoms with E-state index in [1.807, 2.05) is 6.92 Å². The van der Waals surface area contributed by atoms with Gasteiger partial charge in [-0.05, 0) is 6.92 Å². The smallest absolute Gasteiger partial charge is 0.323 e. The number of carbonyl (C=O) groups is 1. The average Bonchev–Trinajstić information content (AvgIpc) is 2.34. The standard InChI is InChI=1S/C10H19N7O2/c1-4-19-9-15-7(11)14-8(16-9)12-5-6-13-10(18)17(2)3/h4-6H2,1-3H3,(H,13,18)(H3,11,12,14,15,16). The Balaban J connectivity index is 2.42. The molecule has 0 unspecified atom stereocenters. The summed E-state index contributed by atoms with van der Waals surface area (Å²) in [7, 11) is 3.34. The van der Waals surface area contributed by atoms with Crippen molar-refractivity contribution < 1.29 is 9.53 Å². The number of hydrogen-bond acceptors (Lipinski definition) is 7. The van der Waals surface area contributed by atoms with Crippen LogP contribution in [0.5, 0.6) is 6.01 Å². The first kappa shape index (κ1) is 14.7. The van der Waals surface area contributed by atoms with Crippen LogP contribution in [0.4, 0.5) is 16.7 Å². The molecule has 0 aliphatic rings. The summed E-state index contributed by atoms with van der Waals surface area (Å²) < 4.78 is 5.14. The summed E-state index contributed by atoms with van der Waals surface area (Å²) in [5.74, 6) is 0.397. The van der Waals surface area contributed by atoms with E-state index in [4.69, 9.17) is 10.5 Å². The van der Waals surface area contributed by atoms with E-state index < -0.39 is 0 Å². The number of amides is 2. The number of nitrogens with zero attached hydrogens (tertiary/aromatic N) is 4. The molecule has 9 nitrogen and oxygen atoms in total. The molecule has 0 saturated heterocycles. The zero-order valence-corrected chi connectivity index (χ0v) is 11.3. The zero-order chi connectivity index (χ0) is 14.3. The number of nitrogen functional groups attached to an aromatic ring is 1. The van der Waals surface area contributed by atoms with Gasteiger partial charge in [-0.15, -0.1) is 0 Å². The van der Waals surface area contributed by atoms with Gasteiger partial charge in [0.25, 0.3) is 0 Å². The van der Waals surface area contributed by atoms with Gasteiger partial charge in [0.2, 0.25) is 11.9 Å². The van der Waals surface area contributed by atoms with Crippen LogP contribution < -0.4 is 21.1 Å². The fourth-order valence-electron chi connectivity index (χ4n) is 1.15. The van der Waals surface area contributed by atoms with Gasteiger partial charge in [0.1, 0.15) is 0 Å². The minimum Gasteiger partial charge on any atom is -0.464 e. The summed E-state index contributed by atoms with van der Waals surface area (Å²) >= 11 is 0. The Hall–Kier alpha value is -2.32. The van der Waals surface area contributed by atoms with Crippen molar-refractivity contribution in [2.24, 2.45) is 0 Å². The summed E-state index contributed by atoms with van der Waals surface area (Å²) in [4.78, 5) is 24.5. The highest BCUT2D eigenvalue weighted by Gasteiger charge is 2.05. The van der Waals surface area contributed by atoms with Crippen LogP contribution in [0.3, 0.4) is 0 Å². The second kappa shape index (κ2) is 7.19. The first-order valence-electron chi connectivity index (χ1n) is 5.86. The van der Waals surface area contributed by atoms with Crippen LogP contribution >= 0.6 is 0 Å².